The van der Waals surface area contributed by atoms with Gasteiger partial charge in [0.05, 0.1) is 7.11 Å². The molecule has 0 aliphatic carbocycles. The second-order valence-corrected chi connectivity index (χ2v) is 6.62. The van der Waals surface area contributed by atoms with Crippen molar-refractivity contribution in [3.8, 4) is 5.75 Å². The van der Waals surface area contributed by atoms with Gasteiger partial charge in [-0.15, -0.1) is 0 Å². The number of rotatable bonds is 7. The predicted molar refractivity (Wildman–Crippen MR) is 103 cm³/mol. The van der Waals surface area contributed by atoms with E-state index in [9.17, 15) is 9.59 Å². The molecule has 5 heteroatoms. The Labute approximate surface area is 155 Å². The molecule has 2 aromatic rings. The summed E-state index contributed by atoms with van der Waals surface area (Å²) in [6, 6.07) is 16.8. The van der Waals surface area contributed by atoms with Crippen molar-refractivity contribution in [3.63, 3.8) is 0 Å². The number of benzene rings is 2. The number of methoxy groups -OCH3 is 1. The molecule has 0 aliphatic rings. The van der Waals surface area contributed by atoms with Crippen LogP contribution in [0.15, 0.2) is 54.6 Å². The topological polar surface area (TPSA) is 58.6 Å². The van der Waals surface area contributed by atoms with Gasteiger partial charge < -0.3 is 15.0 Å². The molecule has 0 fully saturated rings. The fourth-order valence-electron chi connectivity index (χ4n) is 2.61. The van der Waals surface area contributed by atoms with Gasteiger partial charge in [0.15, 0.2) is 0 Å². The predicted octanol–water partition coefficient (Wildman–Crippen LogP) is 3.71. The van der Waals surface area contributed by atoms with Crippen LogP contribution >= 0.6 is 0 Å². The van der Waals surface area contributed by atoms with Crippen molar-refractivity contribution in [1.29, 1.82) is 0 Å². The van der Waals surface area contributed by atoms with Crippen LogP contribution in [0.2, 0.25) is 0 Å². The first-order chi connectivity index (χ1) is 12.4. The highest BCUT2D eigenvalue weighted by Crippen LogP contribution is 2.24. The number of amides is 2. The minimum atomic E-state index is -1.19. The third kappa shape index (κ3) is 4.63. The average Bonchev–Trinajstić information content (AvgIpc) is 2.66. The molecular formula is C21H26N2O3. The summed E-state index contributed by atoms with van der Waals surface area (Å²) in [6.45, 7) is 6.23. The average molecular weight is 354 g/mol. The molecule has 0 radical (unpaired) electrons. The summed E-state index contributed by atoms with van der Waals surface area (Å²) in [6.07, 6.45) is 0. The molecule has 0 saturated heterocycles. The molecule has 2 amide bonds. The van der Waals surface area contributed by atoms with Gasteiger partial charge in [-0.2, -0.15) is 0 Å². The minimum Gasteiger partial charge on any atom is -0.497 e. The number of hydrogen-bond acceptors (Lipinski definition) is 3. The van der Waals surface area contributed by atoms with Crippen LogP contribution < -0.4 is 10.1 Å². The highest BCUT2D eigenvalue weighted by molar-refractivity contribution is 6.09. The summed E-state index contributed by atoms with van der Waals surface area (Å²) < 4.78 is 5.17. The largest absolute Gasteiger partial charge is 0.497 e. The summed E-state index contributed by atoms with van der Waals surface area (Å²) in [5.74, 6) is 0.0951. The normalized spacial score (nSPS) is 10.9. The molecule has 0 spiro atoms. The molecule has 0 aromatic heterocycles. The summed E-state index contributed by atoms with van der Waals surface area (Å²) >= 11 is 0. The van der Waals surface area contributed by atoms with E-state index in [4.69, 9.17) is 4.74 Å². The Kier molecular flexibility index (Phi) is 6.39. The first-order valence-corrected chi connectivity index (χ1v) is 8.67. The summed E-state index contributed by atoms with van der Waals surface area (Å²) in [4.78, 5) is 27.4. The molecule has 138 valence electrons. The molecule has 0 bridgehead atoms. The summed E-state index contributed by atoms with van der Waals surface area (Å²) in [5.41, 5.74) is 0.446. The number of anilines is 1. The van der Waals surface area contributed by atoms with Crippen molar-refractivity contribution < 1.29 is 14.3 Å². The molecule has 0 atom stereocenters. The first-order valence-electron chi connectivity index (χ1n) is 8.67. The van der Waals surface area contributed by atoms with Crippen LogP contribution in [0.4, 0.5) is 5.69 Å². The minimum absolute atomic E-state index is 0.204. The zero-order valence-electron chi connectivity index (χ0n) is 15.8. The lowest BCUT2D eigenvalue weighted by Crippen LogP contribution is -2.47. The lowest BCUT2D eigenvalue weighted by Gasteiger charge is -2.30. The van der Waals surface area contributed by atoms with Crippen LogP contribution in [-0.2, 0) is 16.1 Å². The van der Waals surface area contributed by atoms with Crippen molar-refractivity contribution in [2.75, 3.05) is 19.0 Å². The molecule has 0 heterocycles. The van der Waals surface area contributed by atoms with Crippen LogP contribution in [0.3, 0.4) is 0 Å². The van der Waals surface area contributed by atoms with E-state index in [-0.39, 0.29) is 11.8 Å². The zero-order chi connectivity index (χ0) is 19.2. The van der Waals surface area contributed by atoms with Crippen molar-refractivity contribution >= 4 is 17.5 Å². The van der Waals surface area contributed by atoms with E-state index in [0.29, 0.717) is 24.5 Å². The second-order valence-electron chi connectivity index (χ2n) is 6.62. The number of ether oxygens (including phenoxy) is 1. The zero-order valence-corrected chi connectivity index (χ0v) is 15.8. The number of carbonyl (C=O) groups excluding carboxylic acids is 2. The fraction of sp³-hybridized carbons (Fsp3) is 0.333. The van der Waals surface area contributed by atoms with Crippen molar-refractivity contribution in [2.45, 2.75) is 27.3 Å². The monoisotopic (exact) mass is 354 g/mol. The summed E-state index contributed by atoms with van der Waals surface area (Å²) in [5, 5.41) is 2.81. The van der Waals surface area contributed by atoms with Crippen LogP contribution in [0.1, 0.15) is 26.3 Å². The maximum Gasteiger partial charge on any atom is 0.239 e. The molecule has 2 rings (SSSR count). The number of nitrogens with zero attached hydrogens (tertiary/aromatic N) is 1. The number of nitrogens with one attached hydrogen (secondary N) is 1. The van der Waals surface area contributed by atoms with E-state index in [2.05, 4.69) is 5.32 Å². The van der Waals surface area contributed by atoms with Gasteiger partial charge in [0.25, 0.3) is 0 Å². The van der Waals surface area contributed by atoms with E-state index in [1.165, 1.54) is 0 Å². The number of carbonyl (C=O) groups is 2. The Hall–Kier alpha value is -2.82. The van der Waals surface area contributed by atoms with Gasteiger partial charge in [0.2, 0.25) is 11.8 Å². The number of hydrogen-bond donors (Lipinski definition) is 1. The standard InChI is InChI=1S/C21H26N2O3/c1-5-23(15-16-10-7-6-8-11-16)20(25)21(2,3)19(24)22-17-12-9-13-18(14-17)26-4/h6-14H,5,15H2,1-4H3,(H,22,24). The first kappa shape index (κ1) is 19.5. The Morgan fingerprint density at radius 1 is 1.08 bits per heavy atom. The third-order valence-corrected chi connectivity index (χ3v) is 4.32. The molecule has 26 heavy (non-hydrogen) atoms. The quantitative estimate of drug-likeness (QED) is 0.771. The van der Waals surface area contributed by atoms with Crippen molar-refractivity contribution in [1.82, 2.24) is 4.90 Å². The van der Waals surface area contributed by atoms with Gasteiger partial charge in [-0.3, -0.25) is 9.59 Å². The molecule has 1 N–H and O–H groups in total. The van der Waals surface area contributed by atoms with Gasteiger partial charge in [0.1, 0.15) is 11.2 Å². The van der Waals surface area contributed by atoms with Gasteiger partial charge in [0, 0.05) is 24.8 Å². The van der Waals surface area contributed by atoms with Gasteiger partial charge in [-0.1, -0.05) is 36.4 Å². The maximum atomic E-state index is 13.0. The van der Waals surface area contributed by atoms with E-state index >= 15 is 0 Å². The Morgan fingerprint density at radius 3 is 2.38 bits per heavy atom. The van der Waals surface area contributed by atoms with Crippen molar-refractivity contribution in [2.24, 2.45) is 5.41 Å². The second kappa shape index (κ2) is 8.52. The van der Waals surface area contributed by atoms with E-state index in [1.54, 1.807) is 50.1 Å². The van der Waals surface area contributed by atoms with Crippen molar-refractivity contribution in [3.05, 3.63) is 60.2 Å². The summed E-state index contributed by atoms with van der Waals surface area (Å²) in [7, 11) is 1.57. The highest BCUT2D eigenvalue weighted by atomic mass is 16.5. The third-order valence-electron chi connectivity index (χ3n) is 4.32. The molecule has 5 nitrogen and oxygen atoms in total. The lowest BCUT2D eigenvalue weighted by molar-refractivity contribution is -0.146. The highest BCUT2D eigenvalue weighted by Gasteiger charge is 2.38. The molecule has 2 aromatic carbocycles. The SMILES string of the molecule is CCN(Cc1ccccc1)C(=O)C(C)(C)C(=O)Nc1cccc(OC)c1. The smallest absolute Gasteiger partial charge is 0.239 e. The van der Waals surface area contributed by atoms with Crippen LogP contribution in [0.25, 0.3) is 0 Å². The van der Waals surface area contributed by atoms with E-state index < -0.39 is 5.41 Å². The fourth-order valence-corrected chi connectivity index (χ4v) is 2.61. The Bertz CT molecular complexity index is 757. The van der Waals surface area contributed by atoms with Crippen LogP contribution in [0.5, 0.6) is 5.75 Å². The molecule has 0 saturated carbocycles. The van der Waals surface area contributed by atoms with Gasteiger partial charge >= 0.3 is 0 Å². The molecule has 0 unspecified atom stereocenters. The Morgan fingerprint density at radius 2 is 1.77 bits per heavy atom. The molecular weight excluding hydrogens is 328 g/mol. The Balaban J connectivity index is 2.12. The van der Waals surface area contributed by atoms with Crippen LogP contribution in [0, 0.1) is 5.41 Å². The maximum absolute atomic E-state index is 13.0. The van der Waals surface area contributed by atoms with E-state index in [1.807, 2.05) is 37.3 Å². The van der Waals surface area contributed by atoms with Crippen LogP contribution in [-0.4, -0.2) is 30.4 Å². The van der Waals surface area contributed by atoms with Gasteiger partial charge in [-0.05, 0) is 38.5 Å². The lowest BCUT2D eigenvalue weighted by atomic mass is 9.90. The van der Waals surface area contributed by atoms with Gasteiger partial charge in [-0.25, -0.2) is 0 Å². The molecule has 0 aliphatic heterocycles. The van der Waals surface area contributed by atoms with E-state index in [0.717, 1.165) is 5.56 Å².